The van der Waals surface area contributed by atoms with E-state index < -0.39 is 39.5 Å². The molecule has 0 aliphatic carbocycles. The van der Waals surface area contributed by atoms with Crippen molar-refractivity contribution in [2.75, 3.05) is 5.32 Å². The van der Waals surface area contributed by atoms with Crippen LogP contribution in [0.15, 0.2) is 52.5 Å². The number of nitro groups is 1. The van der Waals surface area contributed by atoms with E-state index in [2.05, 4.69) is 15.9 Å². The largest absolute Gasteiger partial charge is 0.418 e. The average molecular weight is 440 g/mol. The van der Waals surface area contributed by atoms with Gasteiger partial charge in [-0.3, -0.25) is 14.9 Å². The Kier molecular flexibility index (Phi) is 5.97. The molecule has 0 fully saturated rings. The molecule has 0 saturated carbocycles. The van der Waals surface area contributed by atoms with Crippen LogP contribution < -0.4 is 5.32 Å². The molecule has 27 heavy (non-hydrogen) atoms. The lowest BCUT2D eigenvalue weighted by Gasteiger charge is -2.13. The molecule has 0 unspecified atom stereocenters. The summed E-state index contributed by atoms with van der Waals surface area (Å²) in [6.45, 7) is 0. The Morgan fingerprint density at radius 3 is 2.37 bits per heavy atom. The number of carbonyl (C=O) groups excluding carboxylic acids is 1. The van der Waals surface area contributed by atoms with Gasteiger partial charge in [0.1, 0.15) is 11.6 Å². The second-order valence-corrected chi connectivity index (χ2v) is 6.08. The number of halogens is 4. The van der Waals surface area contributed by atoms with Crippen LogP contribution in [0.2, 0.25) is 0 Å². The van der Waals surface area contributed by atoms with Crippen molar-refractivity contribution in [1.82, 2.24) is 0 Å². The van der Waals surface area contributed by atoms with Crippen LogP contribution in [0.1, 0.15) is 11.1 Å². The minimum atomic E-state index is -4.93. The Labute approximate surface area is 159 Å². The summed E-state index contributed by atoms with van der Waals surface area (Å²) in [5.74, 6) is -1.07. The van der Waals surface area contributed by atoms with Crippen LogP contribution in [-0.2, 0) is 11.0 Å². The van der Waals surface area contributed by atoms with Crippen LogP contribution in [0.5, 0.6) is 0 Å². The normalized spacial score (nSPS) is 11.6. The number of hydrogen-bond donors (Lipinski definition) is 1. The van der Waals surface area contributed by atoms with E-state index in [4.69, 9.17) is 5.26 Å². The van der Waals surface area contributed by atoms with Gasteiger partial charge in [0.2, 0.25) is 0 Å². The van der Waals surface area contributed by atoms with Crippen molar-refractivity contribution >= 4 is 39.3 Å². The minimum Gasteiger partial charge on any atom is -0.321 e. The maximum atomic E-state index is 13.2. The Hall–Kier alpha value is -3.19. The second kappa shape index (κ2) is 8.01. The summed E-state index contributed by atoms with van der Waals surface area (Å²) in [5.41, 5.74) is -2.78. The van der Waals surface area contributed by atoms with Crippen molar-refractivity contribution in [2.24, 2.45) is 0 Å². The molecule has 0 aromatic heterocycles. The Bertz CT molecular complexity index is 964. The summed E-state index contributed by atoms with van der Waals surface area (Å²) < 4.78 is 40.2. The Morgan fingerprint density at radius 1 is 1.22 bits per heavy atom. The van der Waals surface area contributed by atoms with Crippen LogP contribution in [-0.4, -0.2) is 10.8 Å². The van der Waals surface area contributed by atoms with Gasteiger partial charge in [-0.05, 0) is 29.8 Å². The quantitative estimate of drug-likeness (QED) is 0.316. The van der Waals surface area contributed by atoms with Crippen molar-refractivity contribution < 1.29 is 22.9 Å². The first-order valence-corrected chi connectivity index (χ1v) is 7.95. The summed E-state index contributed by atoms with van der Waals surface area (Å²) in [5, 5.41) is 21.8. The molecule has 0 radical (unpaired) electrons. The zero-order valence-electron chi connectivity index (χ0n) is 13.2. The summed E-state index contributed by atoms with van der Waals surface area (Å²) >= 11 is 3.22. The number of benzene rings is 2. The highest BCUT2D eigenvalue weighted by molar-refractivity contribution is 9.10. The van der Waals surface area contributed by atoms with Crippen molar-refractivity contribution in [1.29, 1.82) is 5.26 Å². The number of rotatable bonds is 4. The van der Waals surface area contributed by atoms with Gasteiger partial charge in [0.05, 0.1) is 16.2 Å². The summed E-state index contributed by atoms with van der Waals surface area (Å²) in [6, 6.07) is 10.1. The molecule has 0 aliphatic rings. The highest BCUT2D eigenvalue weighted by atomic mass is 79.9. The average Bonchev–Trinajstić information content (AvgIpc) is 2.60. The first-order chi connectivity index (χ1) is 12.6. The topological polar surface area (TPSA) is 96.0 Å². The first-order valence-electron chi connectivity index (χ1n) is 7.16. The van der Waals surface area contributed by atoms with Gasteiger partial charge < -0.3 is 5.32 Å². The molecular formula is C17H9BrF3N3O3. The number of non-ortho nitro benzene ring substituents is 1. The third-order valence-corrected chi connectivity index (χ3v) is 3.84. The van der Waals surface area contributed by atoms with Gasteiger partial charge in [-0.25, -0.2) is 0 Å². The number of amides is 1. The van der Waals surface area contributed by atoms with Gasteiger partial charge in [0.25, 0.3) is 11.6 Å². The molecule has 2 aromatic carbocycles. The van der Waals surface area contributed by atoms with E-state index in [9.17, 15) is 28.1 Å². The van der Waals surface area contributed by atoms with E-state index in [1.165, 1.54) is 6.08 Å². The van der Waals surface area contributed by atoms with Crippen LogP contribution in [0.4, 0.5) is 24.5 Å². The number of carbonyl (C=O) groups is 1. The first kappa shape index (κ1) is 20.1. The number of hydrogen-bond acceptors (Lipinski definition) is 4. The van der Waals surface area contributed by atoms with Crippen LogP contribution >= 0.6 is 15.9 Å². The number of nitrogens with zero attached hydrogens (tertiary/aromatic N) is 2. The SMILES string of the molecule is N#CC(=Cc1ccc(Br)cc1)C(=O)Nc1ccc([N+](=O)[O-])cc1C(F)(F)F. The van der Waals surface area contributed by atoms with Gasteiger partial charge in [-0.2, -0.15) is 18.4 Å². The van der Waals surface area contributed by atoms with Gasteiger partial charge in [0.15, 0.2) is 0 Å². The molecule has 2 rings (SSSR count). The fourth-order valence-electron chi connectivity index (χ4n) is 2.05. The lowest BCUT2D eigenvalue weighted by molar-refractivity contribution is -0.385. The molecule has 0 aliphatic heterocycles. The lowest BCUT2D eigenvalue weighted by atomic mass is 10.1. The zero-order chi connectivity index (χ0) is 20.2. The minimum absolute atomic E-state index is 0.320. The molecule has 10 heteroatoms. The number of anilines is 1. The van der Waals surface area contributed by atoms with Crippen molar-refractivity contribution in [2.45, 2.75) is 6.18 Å². The fourth-order valence-corrected chi connectivity index (χ4v) is 2.32. The maximum absolute atomic E-state index is 13.2. The number of nitrogens with one attached hydrogen (secondary N) is 1. The Morgan fingerprint density at radius 2 is 1.85 bits per heavy atom. The van der Waals surface area contributed by atoms with Crippen LogP contribution in [0.3, 0.4) is 0 Å². The molecule has 0 heterocycles. The summed E-state index contributed by atoms with van der Waals surface area (Å²) in [4.78, 5) is 21.9. The predicted octanol–water partition coefficient (Wildman–Crippen LogP) is 4.92. The maximum Gasteiger partial charge on any atom is 0.418 e. The molecule has 1 N–H and O–H groups in total. The van der Waals surface area contributed by atoms with E-state index in [0.717, 1.165) is 16.6 Å². The number of alkyl halides is 3. The molecule has 1 amide bonds. The monoisotopic (exact) mass is 439 g/mol. The van der Waals surface area contributed by atoms with E-state index in [1.807, 2.05) is 5.32 Å². The summed E-state index contributed by atoms with van der Waals surface area (Å²) in [7, 11) is 0. The third kappa shape index (κ3) is 5.15. The smallest absolute Gasteiger partial charge is 0.321 e. The van der Waals surface area contributed by atoms with E-state index in [0.29, 0.717) is 11.6 Å². The summed E-state index contributed by atoms with van der Waals surface area (Å²) in [6.07, 6.45) is -3.72. The van der Waals surface area contributed by atoms with Crippen molar-refractivity contribution in [3.05, 3.63) is 73.8 Å². The Balaban J connectivity index is 2.37. The zero-order valence-corrected chi connectivity index (χ0v) is 14.8. The van der Waals surface area contributed by atoms with E-state index >= 15 is 0 Å². The molecular weight excluding hydrogens is 431 g/mol. The molecule has 6 nitrogen and oxygen atoms in total. The molecule has 0 atom stereocenters. The van der Waals surface area contributed by atoms with Crippen molar-refractivity contribution in [3.63, 3.8) is 0 Å². The molecule has 0 saturated heterocycles. The highest BCUT2D eigenvalue weighted by Gasteiger charge is 2.35. The standard InChI is InChI=1S/C17H9BrF3N3O3/c18-12-3-1-10(2-4-12)7-11(9-22)16(25)23-15-6-5-13(24(26)27)8-14(15)17(19,20)21/h1-8H,(H,23,25). The van der Waals surface area contributed by atoms with Gasteiger partial charge in [-0.15, -0.1) is 0 Å². The predicted molar refractivity (Wildman–Crippen MR) is 94.5 cm³/mol. The second-order valence-electron chi connectivity index (χ2n) is 5.16. The van der Waals surface area contributed by atoms with E-state index in [-0.39, 0.29) is 0 Å². The van der Waals surface area contributed by atoms with Gasteiger partial charge in [-0.1, -0.05) is 28.1 Å². The molecule has 138 valence electrons. The van der Waals surface area contributed by atoms with Gasteiger partial charge in [0, 0.05) is 16.6 Å². The van der Waals surface area contributed by atoms with Crippen molar-refractivity contribution in [3.8, 4) is 6.07 Å². The molecule has 2 aromatic rings. The van der Waals surface area contributed by atoms with Gasteiger partial charge >= 0.3 is 6.18 Å². The lowest BCUT2D eigenvalue weighted by Crippen LogP contribution is -2.18. The fraction of sp³-hybridized carbons (Fsp3) is 0.0588. The molecule has 0 bridgehead atoms. The highest BCUT2D eigenvalue weighted by Crippen LogP contribution is 2.37. The molecule has 0 spiro atoms. The van der Waals surface area contributed by atoms with Crippen LogP contribution in [0.25, 0.3) is 6.08 Å². The third-order valence-electron chi connectivity index (χ3n) is 3.31. The van der Waals surface area contributed by atoms with Crippen LogP contribution in [0, 0.1) is 21.4 Å². The van der Waals surface area contributed by atoms with E-state index in [1.54, 1.807) is 30.3 Å². The number of nitriles is 1. The number of nitro benzene ring substituents is 1.